The highest BCUT2D eigenvalue weighted by molar-refractivity contribution is 7.95. The Labute approximate surface area is 80.9 Å². The number of phenolic OH excluding ortho intramolecular Hbond substituents is 1. The normalized spacial score (nSPS) is 17.9. The summed E-state index contributed by atoms with van der Waals surface area (Å²) in [4.78, 5) is 0. The SMILES string of the molecule is NC1=CS(=O)(=O)Nc2cccc(O)c21. The van der Waals surface area contributed by atoms with E-state index in [1.54, 1.807) is 0 Å². The molecule has 0 fully saturated rings. The number of hydrogen-bond acceptors (Lipinski definition) is 4. The third-order valence-electron chi connectivity index (χ3n) is 1.87. The van der Waals surface area contributed by atoms with Gasteiger partial charge in [0, 0.05) is 0 Å². The van der Waals surface area contributed by atoms with Gasteiger partial charge in [0.25, 0.3) is 10.0 Å². The maximum absolute atomic E-state index is 11.2. The number of sulfonamides is 1. The summed E-state index contributed by atoms with van der Waals surface area (Å²) in [6.07, 6.45) is 0. The maximum Gasteiger partial charge on any atom is 0.257 e. The van der Waals surface area contributed by atoms with Crippen LogP contribution < -0.4 is 10.5 Å². The molecule has 1 aliphatic heterocycles. The fourth-order valence-corrected chi connectivity index (χ4v) is 2.33. The molecule has 6 heteroatoms. The van der Waals surface area contributed by atoms with Crippen LogP contribution in [0.25, 0.3) is 5.70 Å². The number of anilines is 1. The second-order valence-electron chi connectivity index (χ2n) is 2.92. The van der Waals surface area contributed by atoms with Crippen LogP contribution in [0.15, 0.2) is 23.6 Å². The molecule has 0 bridgehead atoms. The molecule has 1 aromatic carbocycles. The van der Waals surface area contributed by atoms with Gasteiger partial charge in [0.1, 0.15) is 5.75 Å². The van der Waals surface area contributed by atoms with E-state index in [1.807, 2.05) is 0 Å². The van der Waals surface area contributed by atoms with Crippen molar-refractivity contribution >= 4 is 21.4 Å². The quantitative estimate of drug-likeness (QED) is 0.580. The molecule has 0 aliphatic carbocycles. The molecule has 0 amide bonds. The summed E-state index contributed by atoms with van der Waals surface area (Å²) in [6.45, 7) is 0. The van der Waals surface area contributed by atoms with E-state index >= 15 is 0 Å². The van der Waals surface area contributed by atoms with Gasteiger partial charge in [-0.05, 0) is 12.1 Å². The molecule has 14 heavy (non-hydrogen) atoms. The Hall–Kier alpha value is -1.69. The first-order valence-corrected chi connectivity index (χ1v) is 5.36. The van der Waals surface area contributed by atoms with E-state index in [0.29, 0.717) is 11.3 Å². The van der Waals surface area contributed by atoms with Gasteiger partial charge < -0.3 is 10.8 Å². The standard InChI is InChI=1S/C8H8N2O3S/c9-5-4-14(12,13)10-6-2-1-3-7(11)8(5)6/h1-4,10-11H,9H2. The van der Waals surface area contributed by atoms with E-state index in [9.17, 15) is 13.5 Å². The average Bonchev–Trinajstić information content (AvgIpc) is 2.00. The Kier molecular flexibility index (Phi) is 1.68. The van der Waals surface area contributed by atoms with Crippen molar-refractivity contribution in [3.63, 3.8) is 0 Å². The van der Waals surface area contributed by atoms with Crippen molar-refractivity contribution in [3.8, 4) is 5.75 Å². The number of nitrogens with one attached hydrogen (secondary N) is 1. The van der Waals surface area contributed by atoms with Crippen LogP contribution in [0.4, 0.5) is 5.69 Å². The van der Waals surface area contributed by atoms with Gasteiger partial charge in [0.15, 0.2) is 0 Å². The number of fused-ring (bicyclic) bond motifs is 1. The van der Waals surface area contributed by atoms with Gasteiger partial charge in [0.2, 0.25) is 0 Å². The van der Waals surface area contributed by atoms with Crippen LogP contribution in [0.2, 0.25) is 0 Å². The summed E-state index contributed by atoms with van der Waals surface area (Å²) in [6, 6.07) is 4.51. The second kappa shape index (κ2) is 2.65. The summed E-state index contributed by atoms with van der Waals surface area (Å²) in [5, 5.41) is 10.3. The zero-order chi connectivity index (χ0) is 10.3. The summed E-state index contributed by atoms with van der Waals surface area (Å²) < 4.78 is 24.6. The zero-order valence-corrected chi connectivity index (χ0v) is 7.88. The van der Waals surface area contributed by atoms with Crippen molar-refractivity contribution in [2.24, 2.45) is 5.73 Å². The summed E-state index contributed by atoms with van der Waals surface area (Å²) >= 11 is 0. The van der Waals surface area contributed by atoms with Crippen molar-refractivity contribution in [1.82, 2.24) is 0 Å². The Morgan fingerprint density at radius 3 is 2.79 bits per heavy atom. The minimum atomic E-state index is -3.51. The molecule has 0 unspecified atom stereocenters. The molecule has 0 radical (unpaired) electrons. The Morgan fingerprint density at radius 1 is 1.36 bits per heavy atom. The van der Waals surface area contributed by atoms with E-state index in [0.717, 1.165) is 5.41 Å². The van der Waals surface area contributed by atoms with Crippen molar-refractivity contribution in [3.05, 3.63) is 29.2 Å². The lowest BCUT2D eigenvalue weighted by Crippen LogP contribution is -2.18. The van der Waals surface area contributed by atoms with E-state index in [4.69, 9.17) is 5.73 Å². The first kappa shape index (κ1) is 8.89. The average molecular weight is 212 g/mol. The number of phenols is 1. The fraction of sp³-hybridized carbons (Fsp3) is 0. The molecule has 5 nitrogen and oxygen atoms in total. The number of aromatic hydroxyl groups is 1. The lowest BCUT2D eigenvalue weighted by Gasteiger charge is -2.17. The lowest BCUT2D eigenvalue weighted by molar-refractivity contribution is 0.474. The van der Waals surface area contributed by atoms with Gasteiger partial charge in [-0.15, -0.1) is 0 Å². The van der Waals surface area contributed by atoms with E-state index in [1.165, 1.54) is 18.2 Å². The van der Waals surface area contributed by atoms with Gasteiger partial charge in [-0.1, -0.05) is 6.07 Å². The first-order chi connectivity index (χ1) is 6.49. The topological polar surface area (TPSA) is 92.4 Å². The van der Waals surface area contributed by atoms with Crippen LogP contribution in [-0.4, -0.2) is 13.5 Å². The molecule has 0 saturated carbocycles. The van der Waals surface area contributed by atoms with Crippen LogP contribution in [0.3, 0.4) is 0 Å². The molecule has 4 N–H and O–H groups in total. The Balaban J connectivity index is 2.74. The van der Waals surface area contributed by atoms with Gasteiger partial charge in [-0.3, -0.25) is 4.72 Å². The van der Waals surface area contributed by atoms with Crippen molar-refractivity contribution in [2.45, 2.75) is 0 Å². The largest absolute Gasteiger partial charge is 0.507 e. The van der Waals surface area contributed by atoms with Crippen LogP contribution in [-0.2, 0) is 10.0 Å². The Bertz CT molecular complexity index is 519. The molecule has 2 rings (SSSR count). The van der Waals surface area contributed by atoms with Crippen LogP contribution >= 0.6 is 0 Å². The van der Waals surface area contributed by atoms with E-state index < -0.39 is 10.0 Å². The summed E-state index contributed by atoms with van der Waals surface area (Å²) in [5.74, 6) is -0.0429. The molecular weight excluding hydrogens is 204 g/mol. The third-order valence-corrected chi connectivity index (χ3v) is 2.93. The lowest BCUT2D eigenvalue weighted by atomic mass is 10.1. The van der Waals surface area contributed by atoms with Crippen molar-refractivity contribution < 1.29 is 13.5 Å². The van der Waals surface area contributed by atoms with Gasteiger partial charge >= 0.3 is 0 Å². The molecule has 0 aromatic heterocycles. The fourth-order valence-electron chi connectivity index (χ4n) is 1.34. The van der Waals surface area contributed by atoms with Crippen LogP contribution in [0, 0.1) is 0 Å². The molecule has 1 aromatic rings. The number of benzene rings is 1. The molecule has 74 valence electrons. The predicted molar refractivity (Wildman–Crippen MR) is 52.8 cm³/mol. The predicted octanol–water partition coefficient (Wildman–Crippen LogP) is 0.405. The minimum Gasteiger partial charge on any atom is -0.507 e. The van der Waals surface area contributed by atoms with E-state index in [-0.39, 0.29) is 11.4 Å². The molecule has 0 atom stereocenters. The smallest absolute Gasteiger partial charge is 0.257 e. The highest BCUT2D eigenvalue weighted by Crippen LogP contribution is 2.33. The number of rotatable bonds is 0. The molecule has 1 aliphatic rings. The maximum atomic E-state index is 11.2. The molecule has 0 saturated heterocycles. The van der Waals surface area contributed by atoms with Crippen LogP contribution in [0.1, 0.15) is 5.56 Å². The van der Waals surface area contributed by atoms with Crippen molar-refractivity contribution in [2.75, 3.05) is 4.72 Å². The summed E-state index contributed by atoms with van der Waals surface area (Å²) in [7, 11) is -3.51. The van der Waals surface area contributed by atoms with E-state index in [2.05, 4.69) is 4.72 Å². The second-order valence-corrected chi connectivity index (χ2v) is 4.45. The molecule has 0 spiro atoms. The highest BCUT2D eigenvalue weighted by atomic mass is 32.2. The zero-order valence-electron chi connectivity index (χ0n) is 7.06. The Morgan fingerprint density at radius 2 is 2.07 bits per heavy atom. The van der Waals surface area contributed by atoms with Crippen LogP contribution in [0.5, 0.6) is 5.75 Å². The van der Waals surface area contributed by atoms with Gasteiger partial charge in [-0.2, -0.15) is 0 Å². The van der Waals surface area contributed by atoms with Crippen molar-refractivity contribution in [1.29, 1.82) is 0 Å². The highest BCUT2D eigenvalue weighted by Gasteiger charge is 2.21. The monoisotopic (exact) mass is 212 g/mol. The minimum absolute atomic E-state index is 0.0388. The molecular formula is C8H8N2O3S. The van der Waals surface area contributed by atoms with Gasteiger partial charge in [0.05, 0.1) is 22.4 Å². The first-order valence-electron chi connectivity index (χ1n) is 3.82. The summed E-state index contributed by atoms with van der Waals surface area (Å²) in [5.41, 5.74) is 6.16. The van der Waals surface area contributed by atoms with Gasteiger partial charge in [-0.25, -0.2) is 8.42 Å². The third kappa shape index (κ3) is 1.29. The number of hydrogen-bond donors (Lipinski definition) is 3. The number of nitrogens with two attached hydrogens (primary N) is 1. The molecule has 1 heterocycles.